The summed E-state index contributed by atoms with van der Waals surface area (Å²) in [6.07, 6.45) is 3.63. The zero-order valence-corrected chi connectivity index (χ0v) is 11.5. The van der Waals surface area contributed by atoms with Crippen molar-refractivity contribution in [2.24, 2.45) is 0 Å². The summed E-state index contributed by atoms with van der Waals surface area (Å²) in [4.78, 5) is 18.8. The summed E-state index contributed by atoms with van der Waals surface area (Å²) < 4.78 is 0. The zero-order chi connectivity index (χ0) is 14.1. The molecule has 4 nitrogen and oxygen atoms in total. The molecule has 1 aromatic heterocycles. The van der Waals surface area contributed by atoms with Gasteiger partial charge >= 0.3 is 0 Å². The van der Waals surface area contributed by atoms with Gasteiger partial charge in [-0.1, -0.05) is 0 Å². The van der Waals surface area contributed by atoms with E-state index in [4.69, 9.17) is 5.73 Å². The number of aryl methyl sites for hydroxylation is 2. The Balaban J connectivity index is 2.01. The molecule has 102 valence electrons. The predicted octanol–water partition coefficient (Wildman–Crippen LogP) is 2.57. The van der Waals surface area contributed by atoms with Crippen molar-refractivity contribution < 1.29 is 4.79 Å². The molecule has 0 fully saturated rings. The van der Waals surface area contributed by atoms with Crippen molar-refractivity contribution in [3.8, 4) is 0 Å². The SMILES string of the molecule is Cc1ncccc1C(=O)N1CCCc2cc(N)ccc21. The van der Waals surface area contributed by atoms with Gasteiger partial charge in [-0.25, -0.2) is 0 Å². The molecule has 2 N–H and O–H groups in total. The number of carbonyl (C=O) groups is 1. The van der Waals surface area contributed by atoms with Crippen molar-refractivity contribution in [3.05, 3.63) is 53.3 Å². The van der Waals surface area contributed by atoms with Crippen LogP contribution in [-0.2, 0) is 6.42 Å². The van der Waals surface area contributed by atoms with Gasteiger partial charge < -0.3 is 10.6 Å². The van der Waals surface area contributed by atoms with E-state index in [-0.39, 0.29) is 5.91 Å². The lowest BCUT2D eigenvalue weighted by Gasteiger charge is -2.30. The summed E-state index contributed by atoms with van der Waals surface area (Å²) in [7, 11) is 0. The van der Waals surface area contributed by atoms with E-state index in [1.807, 2.05) is 36.1 Å². The molecule has 0 atom stereocenters. The molecule has 1 amide bonds. The molecule has 0 saturated heterocycles. The summed E-state index contributed by atoms with van der Waals surface area (Å²) in [6, 6.07) is 9.38. The highest BCUT2D eigenvalue weighted by Gasteiger charge is 2.24. The number of carbonyl (C=O) groups excluding carboxylic acids is 1. The van der Waals surface area contributed by atoms with Crippen LogP contribution >= 0.6 is 0 Å². The van der Waals surface area contributed by atoms with E-state index in [0.29, 0.717) is 5.56 Å². The van der Waals surface area contributed by atoms with E-state index in [2.05, 4.69) is 4.98 Å². The van der Waals surface area contributed by atoms with E-state index < -0.39 is 0 Å². The Labute approximate surface area is 118 Å². The second-order valence-electron chi connectivity index (χ2n) is 5.08. The molecule has 20 heavy (non-hydrogen) atoms. The molecule has 4 heteroatoms. The second-order valence-corrected chi connectivity index (χ2v) is 5.08. The molecule has 0 radical (unpaired) electrons. The highest BCUT2D eigenvalue weighted by Crippen LogP contribution is 2.30. The van der Waals surface area contributed by atoms with Crippen molar-refractivity contribution in [2.75, 3.05) is 17.2 Å². The maximum absolute atomic E-state index is 12.7. The van der Waals surface area contributed by atoms with Gasteiger partial charge in [-0.3, -0.25) is 9.78 Å². The third-order valence-corrected chi connectivity index (χ3v) is 3.70. The Morgan fingerprint density at radius 3 is 3.00 bits per heavy atom. The van der Waals surface area contributed by atoms with Crippen LogP contribution in [0.4, 0.5) is 11.4 Å². The fourth-order valence-electron chi connectivity index (χ4n) is 2.68. The number of anilines is 2. The predicted molar refractivity (Wildman–Crippen MR) is 79.8 cm³/mol. The Morgan fingerprint density at radius 2 is 2.20 bits per heavy atom. The molecule has 0 unspecified atom stereocenters. The van der Waals surface area contributed by atoms with E-state index in [9.17, 15) is 4.79 Å². The normalized spacial score (nSPS) is 13.9. The number of nitrogens with zero attached hydrogens (tertiary/aromatic N) is 2. The van der Waals surface area contributed by atoms with Gasteiger partial charge in [-0.2, -0.15) is 0 Å². The van der Waals surface area contributed by atoms with E-state index in [0.717, 1.165) is 42.0 Å². The van der Waals surface area contributed by atoms with Crippen LogP contribution in [0.5, 0.6) is 0 Å². The lowest BCUT2D eigenvalue weighted by Crippen LogP contribution is -2.36. The van der Waals surface area contributed by atoms with Gasteiger partial charge in [0.1, 0.15) is 0 Å². The van der Waals surface area contributed by atoms with E-state index in [1.54, 1.807) is 12.3 Å². The molecule has 1 aliphatic heterocycles. The summed E-state index contributed by atoms with van der Waals surface area (Å²) in [6.45, 7) is 2.60. The van der Waals surface area contributed by atoms with Gasteiger partial charge in [0.25, 0.3) is 5.91 Å². The molecule has 2 aromatic rings. The molecule has 2 heterocycles. The fraction of sp³-hybridized carbons (Fsp3) is 0.250. The van der Waals surface area contributed by atoms with Crippen molar-refractivity contribution in [1.29, 1.82) is 0 Å². The number of hydrogen-bond donors (Lipinski definition) is 1. The van der Waals surface area contributed by atoms with Gasteiger partial charge in [0.05, 0.1) is 5.56 Å². The fourth-order valence-corrected chi connectivity index (χ4v) is 2.68. The number of pyridine rings is 1. The van der Waals surface area contributed by atoms with Crippen LogP contribution in [0.15, 0.2) is 36.5 Å². The van der Waals surface area contributed by atoms with Crippen LogP contribution in [0, 0.1) is 6.92 Å². The number of hydrogen-bond acceptors (Lipinski definition) is 3. The lowest BCUT2D eigenvalue weighted by molar-refractivity contribution is 0.0984. The molecular formula is C16H17N3O. The molecular weight excluding hydrogens is 250 g/mol. The van der Waals surface area contributed by atoms with Gasteiger partial charge in [0.15, 0.2) is 0 Å². The number of nitrogens with two attached hydrogens (primary N) is 1. The second kappa shape index (κ2) is 4.96. The first-order chi connectivity index (χ1) is 9.66. The van der Waals surface area contributed by atoms with Gasteiger partial charge in [0, 0.05) is 29.8 Å². The minimum absolute atomic E-state index is 0.0151. The van der Waals surface area contributed by atoms with Crippen molar-refractivity contribution in [3.63, 3.8) is 0 Å². The largest absolute Gasteiger partial charge is 0.399 e. The summed E-state index contributed by atoms with van der Waals surface area (Å²) in [5, 5.41) is 0. The first-order valence-electron chi connectivity index (χ1n) is 6.78. The van der Waals surface area contributed by atoms with Crippen LogP contribution in [0.3, 0.4) is 0 Å². The Bertz CT molecular complexity index is 667. The standard InChI is InChI=1S/C16H17N3O/c1-11-14(5-2-8-18-11)16(20)19-9-3-4-12-10-13(17)6-7-15(12)19/h2,5-8,10H,3-4,9,17H2,1H3. The number of benzene rings is 1. The highest BCUT2D eigenvalue weighted by atomic mass is 16.2. The van der Waals surface area contributed by atoms with Crippen molar-refractivity contribution >= 4 is 17.3 Å². The average Bonchev–Trinajstić information content (AvgIpc) is 2.46. The lowest BCUT2D eigenvalue weighted by atomic mass is 10.00. The van der Waals surface area contributed by atoms with Crippen molar-refractivity contribution in [2.45, 2.75) is 19.8 Å². The summed E-state index contributed by atoms with van der Waals surface area (Å²) in [5.74, 6) is 0.0151. The average molecular weight is 267 g/mol. The van der Waals surface area contributed by atoms with Gasteiger partial charge in [-0.05, 0) is 55.7 Å². The smallest absolute Gasteiger partial charge is 0.260 e. The quantitative estimate of drug-likeness (QED) is 0.808. The molecule has 1 aliphatic rings. The number of amides is 1. The first-order valence-corrected chi connectivity index (χ1v) is 6.78. The zero-order valence-electron chi connectivity index (χ0n) is 11.5. The molecule has 0 bridgehead atoms. The maximum atomic E-state index is 12.7. The Kier molecular flexibility index (Phi) is 3.14. The van der Waals surface area contributed by atoms with Gasteiger partial charge in [0.2, 0.25) is 0 Å². The highest BCUT2D eigenvalue weighted by molar-refractivity contribution is 6.07. The minimum atomic E-state index is 0.0151. The van der Waals surface area contributed by atoms with Crippen LogP contribution < -0.4 is 10.6 Å². The molecule has 0 saturated carbocycles. The van der Waals surface area contributed by atoms with E-state index in [1.165, 1.54) is 0 Å². The number of rotatable bonds is 1. The monoisotopic (exact) mass is 267 g/mol. The van der Waals surface area contributed by atoms with Crippen molar-refractivity contribution in [1.82, 2.24) is 4.98 Å². The topological polar surface area (TPSA) is 59.2 Å². The maximum Gasteiger partial charge on any atom is 0.260 e. The molecule has 3 rings (SSSR count). The third kappa shape index (κ3) is 2.13. The number of aromatic nitrogens is 1. The summed E-state index contributed by atoms with van der Waals surface area (Å²) in [5.41, 5.74) is 10.1. The molecule has 0 spiro atoms. The van der Waals surface area contributed by atoms with Crippen LogP contribution in [0.25, 0.3) is 0 Å². The number of nitrogen functional groups attached to an aromatic ring is 1. The van der Waals surface area contributed by atoms with Crippen LogP contribution in [0.2, 0.25) is 0 Å². The first kappa shape index (κ1) is 12.7. The summed E-state index contributed by atoms with van der Waals surface area (Å²) >= 11 is 0. The van der Waals surface area contributed by atoms with Crippen LogP contribution in [-0.4, -0.2) is 17.4 Å². The Morgan fingerprint density at radius 1 is 1.35 bits per heavy atom. The van der Waals surface area contributed by atoms with E-state index >= 15 is 0 Å². The third-order valence-electron chi connectivity index (χ3n) is 3.70. The number of fused-ring (bicyclic) bond motifs is 1. The van der Waals surface area contributed by atoms with Crippen LogP contribution in [0.1, 0.15) is 28.0 Å². The Hall–Kier alpha value is -2.36. The molecule has 0 aliphatic carbocycles. The minimum Gasteiger partial charge on any atom is -0.399 e. The van der Waals surface area contributed by atoms with Gasteiger partial charge in [-0.15, -0.1) is 0 Å². The molecule has 1 aromatic carbocycles.